The number of rotatable bonds is 3. The maximum absolute atomic E-state index is 13.2. The molecule has 0 saturated heterocycles. The lowest BCUT2D eigenvalue weighted by atomic mass is 10.2. The zero-order chi connectivity index (χ0) is 13.1. The van der Waals surface area contributed by atoms with Crippen LogP contribution in [0.5, 0.6) is 5.75 Å². The second kappa shape index (κ2) is 5.23. The molecule has 0 bridgehead atoms. The zero-order valence-corrected chi connectivity index (χ0v) is 10.0. The highest BCUT2D eigenvalue weighted by Gasteiger charge is 2.07. The van der Waals surface area contributed by atoms with Gasteiger partial charge in [0.1, 0.15) is 24.0 Å². The van der Waals surface area contributed by atoms with E-state index in [1.165, 1.54) is 24.3 Å². The maximum atomic E-state index is 13.2. The third-order valence-corrected chi connectivity index (χ3v) is 2.81. The quantitative estimate of drug-likeness (QED) is 0.861. The Labute approximate surface area is 108 Å². The smallest absolute Gasteiger partial charge is 0.142 e. The van der Waals surface area contributed by atoms with Gasteiger partial charge in [0.2, 0.25) is 0 Å². The SMILES string of the molecule is Nc1cc(F)ccc1OCc1cccc(F)c1Cl. The van der Waals surface area contributed by atoms with E-state index in [9.17, 15) is 8.78 Å². The molecule has 0 saturated carbocycles. The average molecular weight is 270 g/mol. The highest BCUT2D eigenvalue weighted by atomic mass is 35.5. The van der Waals surface area contributed by atoms with Crippen molar-refractivity contribution >= 4 is 17.3 Å². The third kappa shape index (κ3) is 2.71. The lowest BCUT2D eigenvalue weighted by Crippen LogP contribution is -2.00. The number of nitrogen functional groups attached to an aromatic ring is 1. The van der Waals surface area contributed by atoms with Gasteiger partial charge in [0, 0.05) is 11.6 Å². The van der Waals surface area contributed by atoms with Gasteiger partial charge in [0.25, 0.3) is 0 Å². The molecule has 2 nitrogen and oxygen atoms in total. The Morgan fingerprint density at radius 1 is 1.17 bits per heavy atom. The summed E-state index contributed by atoms with van der Waals surface area (Å²) in [6.45, 7) is 0.0619. The number of halogens is 3. The summed E-state index contributed by atoms with van der Waals surface area (Å²) in [7, 11) is 0. The molecule has 0 aliphatic rings. The number of ether oxygens (including phenoxy) is 1. The van der Waals surface area contributed by atoms with Gasteiger partial charge in [-0.25, -0.2) is 8.78 Å². The summed E-state index contributed by atoms with van der Waals surface area (Å²) in [6, 6.07) is 8.25. The predicted octanol–water partition coefficient (Wildman–Crippen LogP) is 3.78. The fourth-order valence-corrected chi connectivity index (χ4v) is 1.65. The first-order chi connectivity index (χ1) is 8.58. The molecule has 2 aromatic rings. The molecule has 18 heavy (non-hydrogen) atoms. The molecule has 0 unspecified atom stereocenters. The van der Waals surface area contributed by atoms with Crippen molar-refractivity contribution in [1.82, 2.24) is 0 Å². The second-order valence-corrected chi connectivity index (χ2v) is 4.06. The van der Waals surface area contributed by atoms with E-state index >= 15 is 0 Å². The third-order valence-electron chi connectivity index (χ3n) is 2.39. The Morgan fingerprint density at radius 3 is 2.67 bits per heavy atom. The number of anilines is 1. The Morgan fingerprint density at radius 2 is 1.94 bits per heavy atom. The molecular formula is C13H10ClF2NO. The summed E-state index contributed by atoms with van der Waals surface area (Å²) in [4.78, 5) is 0. The van der Waals surface area contributed by atoms with Gasteiger partial charge in [-0.2, -0.15) is 0 Å². The van der Waals surface area contributed by atoms with Crippen molar-refractivity contribution in [3.63, 3.8) is 0 Å². The van der Waals surface area contributed by atoms with Gasteiger partial charge in [-0.15, -0.1) is 0 Å². The summed E-state index contributed by atoms with van der Waals surface area (Å²) < 4.78 is 31.4. The fourth-order valence-electron chi connectivity index (χ4n) is 1.47. The van der Waals surface area contributed by atoms with Crippen LogP contribution in [0, 0.1) is 11.6 Å². The molecule has 0 spiro atoms. The molecule has 0 aromatic heterocycles. The van der Waals surface area contributed by atoms with Crippen molar-refractivity contribution in [2.75, 3.05) is 5.73 Å². The first-order valence-corrected chi connectivity index (χ1v) is 5.56. The van der Waals surface area contributed by atoms with Gasteiger partial charge in [-0.1, -0.05) is 23.7 Å². The van der Waals surface area contributed by atoms with Crippen molar-refractivity contribution in [2.24, 2.45) is 0 Å². The largest absolute Gasteiger partial charge is 0.487 e. The van der Waals surface area contributed by atoms with Crippen LogP contribution in [0.15, 0.2) is 36.4 Å². The normalized spacial score (nSPS) is 10.4. The summed E-state index contributed by atoms with van der Waals surface area (Å²) in [5.74, 6) is -0.620. The van der Waals surface area contributed by atoms with Gasteiger partial charge < -0.3 is 10.5 Å². The lowest BCUT2D eigenvalue weighted by molar-refractivity contribution is 0.307. The van der Waals surface area contributed by atoms with Crippen LogP contribution in [-0.4, -0.2) is 0 Å². The molecular weight excluding hydrogens is 260 g/mol. The van der Waals surface area contributed by atoms with E-state index in [1.807, 2.05) is 0 Å². The predicted molar refractivity (Wildman–Crippen MR) is 66.6 cm³/mol. The van der Waals surface area contributed by atoms with Crippen LogP contribution in [0.2, 0.25) is 5.02 Å². The molecule has 0 heterocycles. The van der Waals surface area contributed by atoms with Gasteiger partial charge in [0.15, 0.2) is 0 Å². The van der Waals surface area contributed by atoms with Crippen LogP contribution in [-0.2, 0) is 6.61 Å². The van der Waals surface area contributed by atoms with E-state index in [0.717, 1.165) is 6.07 Å². The molecule has 0 aliphatic carbocycles. The van der Waals surface area contributed by atoms with Crippen LogP contribution < -0.4 is 10.5 Å². The Balaban J connectivity index is 2.14. The van der Waals surface area contributed by atoms with Crippen LogP contribution in [0.25, 0.3) is 0 Å². The summed E-state index contributed by atoms with van der Waals surface area (Å²) >= 11 is 5.78. The number of nitrogens with two attached hydrogens (primary N) is 1. The number of benzene rings is 2. The van der Waals surface area contributed by atoms with E-state index in [4.69, 9.17) is 22.1 Å². The van der Waals surface area contributed by atoms with E-state index in [2.05, 4.69) is 0 Å². The molecule has 94 valence electrons. The van der Waals surface area contributed by atoms with E-state index < -0.39 is 11.6 Å². The Hall–Kier alpha value is -1.81. The lowest BCUT2D eigenvalue weighted by Gasteiger charge is -2.10. The zero-order valence-electron chi connectivity index (χ0n) is 9.29. The second-order valence-electron chi connectivity index (χ2n) is 3.68. The number of hydrogen-bond acceptors (Lipinski definition) is 2. The van der Waals surface area contributed by atoms with Crippen molar-refractivity contribution < 1.29 is 13.5 Å². The highest BCUT2D eigenvalue weighted by Crippen LogP contribution is 2.25. The van der Waals surface area contributed by atoms with E-state index in [1.54, 1.807) is 6.07 Å². The molecule has 0 radical (unpaired) electrons. The van der Waals surface area contributed by atoms with Crippen molar-refractivity contribution in [3.05, 3.63) is 58.6 Å². The molecule has 0 amide bonds. The van der Waals surface area contributed by atoms with Crippen LogP contribution in [0.4, 0.5) is 14.5 Å². The maximum Gasteiger partial charge on any atom is 0.142 e. The van der Waals surface area contributed by atoms with Crippen LogP contribution in [0.3, 0.4) is 0 Å². The summed E-state index contributed by atoms with van der Waals surface area (Å²) in [5, 5.41) is 0.0122. The molecule has 0 fully saturated rings. The minimum atomic E-state index is -0.509. The van der Waals surface area contributed by atoms with Gasteiger partial charge in [0.05, 0.1) is 10.7 Å². The summed E-state index contributed by atoms with van der Waals surface area (Å²) in [5.41, 5.74) is 6.26. The van der Waals surface area contributed by atoms with Gasteiger partial charge >= 0.3 is 0 Å². The molecule has 2 rings (SSSR count). The topological polar surface area (TPSA) is 35.2 Å². The van der Waals surface area contributed by atoms with Crippen molar-refractivity contribution in [3.8, 4) is 5.75 Å². The molecule has 2 aromatic carbocycles. The van der Waals surface area contributed by atoms with E-state index in [-0.39, 0.29) is 17.3 Å². The molecule has 0 aliphatic heterocycles. The molecule has 2 N–H and O–H groups in total. The van der Waals surface area contributed by atoms with Crippen LogP contribution >= 0.6 is 11.6 Å². The Kier molecular flexibility index (Phi) is 3.67. The highest BCUT2D eigenvalue weighted by molar-refractivity contribution is 6.31. The first kappa shape index (κ1) is 12.6. The molecule has 5 heteroatoms. The first-order valence-electron chi connectivity index (χ1n) is 5.18. The molecule has 0 atom stereocenters. The Bertz CT molecular complexity index is 575. The standard InChI is InChI=1S/C13H10ClF2NO/c14-13-8(2-1-3-10(13)16)7-18-12-5-4-9(15)6-11(12)17/h1-6H,7,17H2. The van der Waals surface area contributed by atoms with Crippen molar-refractivity contribution in [1.29, 1.82) is 0 Å². The average Bonchev–Trinajstić information content (AvgIpc) is 2.33. The monoisotopic (exact) mass is 269 g/mol. The summed E-state index contributed by atoms with van der Waals surface area (Å²) in [6.07, 6.45) is 0. The minimum absolute atomic E-state index is 0.0122. The van der Waals surface area contributed by atoms with Gasteiger partial charge in [-0.05, 0) is 18.2 Å². The van der Waals surface area contributed by atoms with Crippen LogP contribution in [0.1, 0.15) is 5.56 Å². The minimum Gasteiger partial charge on any atom is -0.487 e. The van der Waals surface area contributed by atoms with E-state index in [0.29, 0.717) is 11.3 Å². The van der Waals surface area contributed by atoms with Crippen molar-refractivity contribution in [2.45, 2.75) is 6.61 Å². The fraction of sp³-hybridized carbons (Fsp3) is 0.0769. The van der Waals surface area contributed by atoms with Gasteiger partial charge in [-0.3, -0.25) is 0 Å². The number of hydrogen-bond donors (Lipinski definition) is 1.